The zero-order valence-electron chi connectivity index (χ0n) is 15.5. The van der Waals surface area contributed by atoms with E-state index in [0.717, 1.165) is 35.5 Å². The molecule has 0 atom stereocenters. The van der Waals surface area contributed by atoms with Crippen LogP contribution in [0.2, 0.25) is 0 Å². The van der Waals surface area contributed by atoms with E-state index in [1.165, 1.54) is 12.1 Å². The summed E-state index contributed by atoms with van der Waals surface area (Å²) >= 11 is 0. The van der Waals surface area contributed by atoms with Crippen molar-refractivity contribution in [2.24, 2.45) is 0 Å². The first-order valence-electron chi connectivity index (χ1n) is 8.58. The topological polar surface area (TPSA) is 96.9 Å². The van der Waals surface area contributed by atoms with E-state index in [4.69, 9.17) is 14.6 Å². The van der Waals surface area contributed by atoms with Crippen molar-refractivity contribution in [3.05, 3.63) is 59.2 Å². The van der Waals surface area contributed by atoms with Crippen LogP contribution in [0.3, 0.4) is 0 Å². The van der Waals surface area contributed by atoms with Crippen molar-refractivity contribution in [1.82, 2.24) is 10.6 Å². The van der Waals surface area contributed by atoms with Crippen molar-refractivity contribution in [3.8, 4) is 11.5 Å². The van der Waals surface area contributed by atoms with Crippen LogP contribution in [0.4, 0.5) is 4.79 Å². The van der Waals surface area contributed by atoms with E-state index in [1.807, 2.05) is 18.2 Å². The number of methoxy groups -OCH3 is 2. The Hall–Kier alpha value is -3.22. The number of aromatic carboxylic acids is 1. The summed E-state index contributed by atoms with van der Waals surface area (Å²) in [5.41, 5.74) is 2.07. The first-order valence-corrected chi connectivity index (χ1v) is 8.58. The van der Waals surface area contributed by atoms with Gasteiger partial charge >= 0.3 is 12.0 Å². The van der Waals surface area contributed by atoms with Gasteiger partial charge in [-0.15, -0.1) is 0 Å². The van der Waals surface area contributed by atoms with Crippen molar-refractivity contribution < 1.29 is 24.2 Å². The van der Waals surface area contributed by atoms with Gasteiger partial charge in [-0.05, 0) is 54.3 Å². The highest BCUT2D eigenvalue weighted by Gasteiger charge is 2.06. The van der Waals surface area contributed by atoms with Crippen LogP contribution in [0.15, 0.2) is 42.5 Å². The monoisotopic (exact) mass is 372 g/mol. The van der Waals surface area contributed by atoms with Crippen molar-refractivity contribution in [1.29, 1.82) is 0 Å². The number of amides is 2. The van der Waals surface area contributed by atoms with E-state index in [-0.39, 0.29) is 11.6 Å². The highest BCUT2D eigenvalue weighted by atomic mass is 16.5. The largest absolute Gasteiger partial charge is 0.497 e. The molecule has 3 N–H and O–H groups in total. The molecule has 0 aliphatic heterocycles. The number of benzene rings is 2. The van der Waals surface area contributed by atoms with E-state index >= 15 is 0 Å². The Morgan fingerprint density at radius 2 is 1.74 bits per heavy atom. The summed E-state index contributed by atoms with van der Waals surface area (Å²) in [6.45, 7) is 0.847. The Labute approximate surface area is 158 Å². The van der Waals surface area contributed by atoms with Crippen molar-refractivity contribution in [2.75, 3.05) is 20.8 Å². The first kappa shape index (κ1) is 20.1. The molecule has 0 saturated heterocycles. The van der Waals surface area contributed by atoms with Gasteiger partial charge in [-0.1, -0.05) is 12.1 Å². The van der Waals surface area contributed by atoms with E-state index in [0.29, 0.717) is 13.1 Å². The molecule has 2 aromatic rings. The molecule has 0 heterocycles. The van der Waals surface area contributed by atoms with E-state index < -0.39 is 5.97 Å². The van der Waals surface area contributed by atoms with Crippen molar-refractivity contribution >= 4 is 12.0 Å². The SMILES string of the molecule is COc1ccc(OC)c(CCCNC(=O)NCc2ccc(C(=O)O)cc2)c1. The number of rotatable bonds is 9. The van der Waals surface area contributed by atoms with Crippen LogP contribution in [-0.4, -0.2) is 37.9 Å². The average Bonchev–Trinajstić information content (AvgIpc) is 2.69. The third kappa shape index (κ3) is 6.22. The molecule has 0 aliphatic rings. The van der Waals surface area contributed by atoms with Gasteiger partial charge in [0.2, 0.25) is 0 Å². The molecular formula is C20H24N2O5. The Kier molecular flexibility index (Phi) is 7.49. The van der Waals surface area contributed by atoms with Crippen LogP contribution < -0.4 is 20.1 Å². The highest BCUT2D eigenvalue weighted by molar-refractivity contribution is 5.87. The van der Waals surface area contributed by atoms with Crippen LogP contribution in [-0.2, 0) is 13.0 Å². The van der Waals surface area contributed by atoms with Gasteiger partial charge in [-0.25, -0.2) is 9.59 Å². The highest BCUT2D eigenvalue weighted by Crippen LogP contribution is 2.24. The third-order valence-electron chi connectivity index (χ3n) is 4.05. The fourth-order valence-electron chi connectivity index (χ4n) is 2.57. The van der Waals surface area contributed by atoms with Gasteiger partial charge in [-0.3, -0.25) is 0 Å². The molecule has 0 spiro atoms. The van der Waals surface area contributed by atoms with Crippen LogP contribution in [0.5, 0.6) is 11.5 Å². The second kappa shape index (κ2) is 10.1. The van der Waals surface area contributed by atoms with Gasteiger partial charge in [0.15, 0.2) is 0 Å². The molecule has 2 rings (SSSR count). The molecule has 0 saturated carbocycles. The van der Waals surface area contributed by atoms with Crippen molar-refractivity contribution in [3.63, 3.8) is 0 Å². The lowest BCUT2D eigenvalue weighted by Crippen LogP contribution is -2.35. The van der Waals surface area contributed by atoms with Crippen LogP contribution in [0, 0.1) is 0 Å². The molecule has 2 aromatic carbocycles. The van der Waals surface area contributed by atoms with Crippen molar-refractivity contribution in [2.45, 2.75) is 19.4 Å². The number of ether oxygens (including phenoxy) is 2. The summed E-state index contributed by atoms with van der Waals surface area (Å²) in [7, 11) is 3.24. The second-order valence-electron chi connectivity index (χ2n) is 5.89. The number of carbonyl (C=O) groups is 2. The maximum atomic E-state index is 11.9. The maximum absolute atomic E-state index is 11.9. The molecule has 0 bridgehead atoms. The van der Waals surface area contributed by atoms with Gasteiger partial charge in [0.05, 0.1) is 19.8 Å². The minimum atomic E-state index is -0.972. The average molecular weight is 372 g/mol. The number of hydrogen-bond donors (Lipinski definition) is 3. The lowest BCUT2D eigenvalue weighted by atomic mass is 10.1. The molecule has 0 radical (unpaired) electrons. The number of aryl methyl sites for hydroxylation is 1. The Morgan fingerprint density at radius 3 is 2.37 bits per heavy atom. The van der Waals surface area contributed by atoms with E-state index in [9.17, 15) is 9.59 Å². The Bertz CT molecular complexity index is 774. The summed E-state index contributed by atoms with van der Waals surface area (Å²) < 4.78 is 10.6. The molecule has 27 heavy (non-hydrogen) atoms. The molecule has 0 aromatic heterocycles. The fraction of sp³-hybridized carbons (Fsp3) is 0.300. The van der Waals surface area contributed by atoms with Gasteiger partial charge in [0.1, 0.15) is 11.5 Å². The van der Waals surface area contributed by atoms with Gasteiger partial charge in [0, 0.05) is 13.1 Å². The smallest absolute Gasteiger partial charge is 0.335 e. The molecule has 144 valence electrons. The standard InChI is InChI=1S/C20H24N2O5/c1-26-17-9-10-18(27-2)16(12-17)4-3-11-21-20(25)22-13-14-5-7-15(8-6-14)19(23)24/h5-10,12H,3-4,11,13H2,1-2H3,(H,23,24)(H2,21,22,25). The third-order valence-corrected chi connectivity index (χ3v) is 4.05. The van der Waals surface area contributed by atoms with Gasteiger partial charge in [0.25, 0.3) is 0 Å². The predicted octanol–water partition coefficient (Wildman–Crippen LogP) is 2.83. The minimum Gasteiger partial charge on any atom is -0.497 e. The fourth-order valence-corrected chi connectivity index (χ4v) is 2.57. The molecular weight excluding hydrogens is 348 g/mol. The van der Waals surface area contributed by atoms with Crippen LogP contribution in [0.1, 0.15) is 27.9 Å². The zero-order chi connectivity index (χ0) is 19.6. The summed E-state index contributed by atoms with van der Waals surface area (Å²) in [5, 5.41) is 14.4. The van der Waals surface area contributed by atoms with Crippen LogP contribution in [0.25, 0.3) is 0 Å². The molecule has 7 nitrogen and oxygen atoms in total. The van der Waals surface area contributed by atoms with Crippen LogP contribution >= 0.6 is 0 Å². The quantitative estimate of drug-likeness (QED) is 0.588. The predicted molar refractivity (Wildman–Crippen MR) is 102 cm³/mol. The molecule has 7 heteroatoms. The summed E-state index contributed by atoms with van der Waals surface area (Å²) in [6.07, 6.45) is 1.50. The first-order chi connectivity index (χ1) is 13.0. The lowest BCUT2D eigenvalue weighted by Gasteiger charge is -2.11. The van der Waals surface area contributed by atoms with Gasteiger partial charge < -0.3 is 25.2 Å². The van der Waals surface area contributed by atoms with Gasteiger partial charge in [-0.2, -0.15) is 0 Å². The second-order valence-corrected chi connectivity index (χ2v) is 5.89. The summed E-state index contributed by atoms with van der Waals surface area (Å²) in [4.78, 5) is 22.7. The number of hydrogen-bond acceptors (Lipinski definition) is 4. The zero-order valence-corrected chi connectivity index (χ0v) is 15.5. The Morgan fingerprint density at radius 1 is 1.00 bits per heavy atom. The molecule has 0 fully saturated rings. The number of carboxylic acids is 1. The Balaban J connectivity index is 1.72. The minimum absolute atomic E-state index is 0.219. The maximum Gasteiger partial charge on any atom is 0.335 e. The summed E-state index contributed by atoms with van der Waals surface area (Å²) in [5.74, 6) is 0.593. The molecule has 0 unspecified atom stereocenters. The summed E-state index contributed by atoms with van der Waals surface area (Å²) in [6, 6.07) is 11.8. The number of carbonyl (C=O) groups excluding carboxylic acids is 1. The van der Waals surface area contributed by atoms with E-state index in [1.54, 1.807) is 26.4 Å². The number of carboxylic acid groups (broad SMARTS) is 1. The lowest BCUT2D eigenvalue weighted by molar-refractivity contribution is 0.0697. The van der Waals surface area contributed by atoms with E-state index in [2.05, 4.69) is 10.6 Å². The molecule has 2 amide bonds. The number of urea groups is 1. The normalized spacial score (nSPS) is 10.1. The number of nitrogens with one attached hydrogen (secondary N) is 2. The molecule has 0 aliphatic carbocycles.